The van der Waals surface area contributed by atoms with Crippen LogP contribution >= 0.6 is 11.6 Å². The standard InChI is InChI=1S/C15H31Cl/c1-11(16)15(12(2,3)4,13(5,6)7)14(8,9)10/h11H,1-10H3. The highest BCUT2D eigenvalue weighted by Gasteiger charge is 2.59. The van der Waals surface area contributed by atoms with E-state index >= 15 is 0 Å². The molecule has 0 radical (unpaired) electrons. The molecule has 0 aliphatic carbocycles. The number of alkyl halides is 1. The van der Waals surface area contributed by atoms with E-state index in [2.05, 4.69) is 69.2 Å². The zero-order chi connectivity index (χ0) is 13.6. The lowest BCUT2D eigenvalue weighted by Gasteiger charge is -2.63. The maximum absolute atomic E-state index is 6.65. The lowest BCUT2D eigenvalue weighted by atomic mass is 9.43. The third kappa shape index (κ3) is 2.28. The average Bonchev–Trinajstić information content (AvgIpc) is 1.71. The quantitative estimate of drug-likeness (QED) is 0.518. The summed E-state index contributed by atoms with van der Waals surface area (Å²) >= 11 is 6.65. The van der Waals surface area contributed by atoms with Crippen LogP contribution in [0.25, 0.3) is 0 Å². The number of rotatable bonds is 1. The van der Waals surface area contributed by atoms with Crippen LogP contribution in [-0.2, 0) is 0 Å². The number of halogens is 1. The molecule has 0 amide bonds. The van der Waals surface area contributed by atoms with Gasteiger partial charge in [0.2, 0.25) is 0 Å². The fourth-order valence-corrected chi connectivity index (χ4v) is 6.15. The molecule has 98 valence electrons. The molecule has 0 saturated carbocycles. The third-order valence-corrected chi connectivity index (χ3v) is 4.47. The van der Waals surface area contributed by atoms with Gasteiger partial charge in [-0.1, -0.05) is 62.3 Å². The van der Waals surface area contributed by atoms with E-state index in [9.17, 15) is 0 Å². The van der Waals surface area contributed by atoms with Crippen LogP contribution in [0.2, 0.25) is 0 Å². The van der Waals surface area contributed by atoms with Crippen LogP contribution in [0.4, 0.5) is 0 Å². The molecule has 1 atom stereocenters. The first kappa shape index (κ1) is 16.3. The summed E-state index contributed by atoms with van der Waals surface area (Å²) in [4.78, 5) is 0. The lowest BCUT2D eigenvalue weighted by molar-refractivity contribution is -0.121. The van der Waals surface area contributed by atoms with E-state index in [1.165, 1.54) is 0 Å². The molecular weight excluding hydrogens is 216 g/mol. The summed E-state index contributed by atoms with van der Waals surface area (Å²) < 4.78 is 0. The van der Waals surface area contributed by atoms with Gasteiger partial charge in [0.25, 0.3) is 0 Å². The van der Waals surface area contributed by atoms with Gasteiger partial charge in [-0.25, -0.2) is 0 Å². The van der Waals surface area contributed by atoms with E-state index in [0.29, 0.717) is 0 Å². The van der Waals surface area contributed by atoms with Crippen molar-refractivity contribution in [2.75, 3.05) is 0 Å². The second-order valence-electron chi connectivity index (χ2n) is 8.17. The van der Waals surface area contributed by atoms with Gasteiger partial charge in [-0.3, -0.25) is 0 Å². The predicted molar refractivity (Wildman–Crippen MR) is 76.1 cm³/mol. The van der Waals surface area contributed by atoms with Crippen molar-refractivity contribution in [1.29, 1.82) is 0 Å². The Hall–Kier alpha value is 0.290. The Morgan fingerprint density at radius 1 is 0.625 bits per heavy atom. The van der Waals surface area contributed by atoms with Gasteiger partial charge in [0.15, 0.2) is 0 Å². The Morgan fingerprint density at radius 3 is 0.812 bits per heavy atom. The Labute approximate surface area is 108 Å². The maximum Gasteiger partial charge on any atom is 0.0379 e. The highest BCUT2D eigenvalue weighted by molar-refractivity contribution is 6.21. The summed E-state index contributed by atoms with van der Waals surface area (Å²) in [7, 11) is 0. The minimum absolute atomic E-state index is 0.0779. The Kier molecular flexibility index (Phi) is 4.27. The predicted octanol–water partition coefficient (Wildman–Crippen LogP) is 5.74. The van der Waals surface area contributed by atoms with E-state index in [1.54, 1.807) is 0 Å². The largest absolute Gasteiger partial charge is 0.123 e. The summed E-state index contributed by atoms with van der Waals surface area (Å²) in [5.41, 5.74) is 0.592. The van der Waals surface area contributed by atoms with Crippen LogP contribution in [0, 0.1) is 21.7 Å². The smallest absolute Gasteiger partial charge is 0.0379 e. The van der Waals surface area contributed by atoms with Gasteiger partial charge in [-0.2, -0.15) is 0 Å². The first-order valence-electron chi connectivity index (χ1n) is 6.33. The van der Waals surface area contributed by atoms with Gasteiger partial charge in [-0.15, -0.1) is 11.6 Å². The lowest BCUT2D eigenvalue weighted by Crippen LogP contribution is -2.59. The molecule has 0 aliphatic heterocycles. The normalized spacial score (nSPS) is 17.4. The summed E-state index contributed by atoms with van der Waals surface area (Å²) in [5.74, 6) is 0. The molecule has 0 aromatic carbocycles. The van der Waals surface area contributed by atoms with Crippen molar-refractivity contribution in [3.8, 4) is 0 Å². The molecule has 0 spiro atoms. The highest BCUT2D eigenvalue weighted by Crippen LogP contribution is 2.64. The fraction of sp³-hybridized carbons (Fsp3) is 1.00. The molecule has 0 saturated heterocycles. The zero-order valence-electron chi connectivity index (χ0n) is 13.0. The molecule has 0 N–H and O–H groups in total. The maximum atomic E-state index is 6.65. The zero-order valence-corrected chi connectivity index (χ0v) is 13.7. The molecule has 0 bridgehead atoms. The first-order chi connectivity index (χ1) is 6.69. The Morgan fingerprint density at radius 2 is 0.812 bits per heavy atom. The van der Waals surface area contributed by atoms with Gasteiger partial charge in [0.05, 0.1) is 0 Å². The number of hydrogen-bond donors (Lipinski definition) is 0. The minimum atomic E-state index is 0.0779. The molecule has 0 fully saturated rings. The van der Waals surface area contributed by atoms with E-state index < -0.39 is 0 Å². The van der Waals surface area contributed by atoms with Crippen LogP contribution in [-0.4, -0.2) is 5.38 Å². The van der Waals surface area contributed by atoms with Crippen molar-refractivity contribution >= 4 is 11.6 Å². The van der Waals surface area contributed by atoms with Gasteiger partial charge < -0.3 is 0 Å². The summed E-state index contributed by atoms with van der Waals surface area (Å²) in [6.07, 6.45) is 0. The van der Waals surface area contributed by atoms with Crippen LogP contribution in [0.3, 0.4) is 0 Å². The van der Waals surface area contributed by atoms with E-state index in [1.807, 2.05) is 0 Å². The molecule has 1 heteroatoms. The summed E-state index contributed by atoms with van der Waals surface area (Å²) in [6.45, 7) is 23.1. The Bertz CT molecular complexity index is 194. The van der Waals surface area contributed by atoms with Gasteiger partial charge >= 0.3 is 0 Å². The molecular formula is C15H31Cl. The van der Waals surface area contributed by atoms with Gasteiger partial charge in [0, 0.05) is 10.8 Å². The van der Waals surface area contributed by atoms with E-state index in [4.69, 9.17) is 11.6 Å². The molecule has 0 aromatic heterocycles. The summed E-state index contributed by atoms with van der Waals surface area (Å²) in [6, 6.07) is 0. The van der Waals surface area contributed by atoms with Crippen molar-refractivity contribution < 1.29 is 0 Å². The second-order valence-corrected chi connectivity index (χ2v) is 8.83. The van der Waals surface area contributed by atoms with Crippen molar-refractivity contribution in [2.24, 2.45) is 21.7 Å². The van der Waals surface area contributed by atoms with Crippen LogP contribution in [0.1, 0.15) is 69.2 Å². The highest BCUT2D eigenvalue weighted by atomic mass is 35.5. The second kappa shape index (κ2) is 4.19. The third-order valence-electron chi connectivity index (χ3n) is 4.15. The van der Waals surface area contributed by atoms with Crippen molar-refractivity contribution in [1.82, 2.24) is 0 Å². The van der Waals surface area contributed by atoms with Crippen LogP contribution in [0.15, 0.2) is 0 Å². The fourth-order valence-electron chi connectivity index (χ4n) is 5.17. The molecule has 0 rings (SSSR count). The summed E-state index contributed by atoms with van der Waals surface area (Å²) in [5, 5.41) is 0.146. The minimum Gasteiger partial charge on any atom is -0.123 e. The van der Waals surface area contributed by atoms with E-state index in [-0.39, 0.29) is 27.0 Å². The molecule has 0 aromatic rings. The van der Waals surface area contributed by atoms with Crippen LogP contribution < -0.4 is 0 Å². The van der Waals surface area contributed by atoms with Crippen molar-refractivity contribution in [3.63, 3.8) is 0 Å². The van der Waals surface area contributed by atoms with Gasteiger partial charge in [0.1, 0.15) is 0 Å². The average molecular weight is 247 g/mol. The molecule has 0 nitrogen and oxygen atoms in total. The van der Waals surface area contributed by atoms with Crippen LogP contribution in [0.5, 0.6) is 0 Å². The van der Waals surface area contributed by atoms with Crippen molar-refractivity contribution in [2.45, 2.75) is 74.6 Å². The SMILES string of the molecule is CC(Cl)C(C(C)(C)C)(C(C)(C)C)C(C)(C)C. The number of hydrogen-bond acceptors (Lipinski definition) is 0. The molecule has 0 aliphatic rings. The van der Waals surface area contributed by atoms with E-state index in [0.717, 1.165) is 0 Å². The first-order valence-corrected chi connectivity index (χ1v) is 6.77. The Balaban J connectivity index is 6.05. The topological polar surface area (TPSA) is 0 Å². The van der Waals surface area contributed by atoms with Crippen molar-refractivity contribution in [3.05, 3.63) is 0 Å². The molecule has 0 heterocycles. The molecule has 1 unspecified atom stereocenters. The molecule has 16 heavy (non-hydrogen) atoms. The van der Waals surface area contributed by atoms with Gasteiger partial charge in [-0.05, 0) is 23.2 Å². The monoisotopic (exact) mass is 246 g/mol.